The fourth-order valence-electron chi connectivity index (χ4n) is 7.55. The van der Waals surface area contributed by atoms with Gasteiger partial charge in [-0.1, -0.05) is 31.5 Å². The van der Waals surface area contributed by atoms with E-state index in [4.69, 9.17) is 9.47 Å². The van der Waals surface area contributed by atoms with Crippen molar-refractivity contribution < 1.29 is 45.4 Å². The van der Waals surface area contributed by atoms with E-state index < -0.39 is 57.2 Å². The third kappa shape index (κ3) is 6.81. The van der Waals surface area contributed by atoms with Crippen LogP contribution in [-0.2, 0) is 22.6 Å². The minimum absolute atomic E-state index is 0.00567. The Bertz CT molecular complexity index is 1880. The van der Waals surface area contributed by atoms with Gasteiger partial charge in [-0.3, -0.25) is 19.7 Å². The Morgan fingerprint density at radius 2 is 1.79 bits per heavy atom. The minimum Gasteiger partial charge on any atom is -0.496 e. The number of benzene rings is 1. The van der Waals surface area contributed by atoms with Gasteiger partial charge in [0, 0.05) is 55.5 Å². The maximum absolute atomic E-state index is 15.0. The number of carbonyl (C=O) groups excluding carboxylic acids is 2. The lowest BCUT2D eigenvalue weighted by molar-refractivity contribution is -0.160. The van der Waals surface area contributed by atoms with Gasteiger partial charge in [0.25, 0.3) is 11.8 Å². The van der Waals surface area contributed by atoms with Gasteiger partial charge in [0.1, 0.15) is 22.7 Å². The fraction of sp³-hybridized carbons (Fsp3) is 0.457. The number of nitrogens with zero attached hydrogens (tertiary/aromatic N) is 5. The van der Waals surface area contributed by atoms with Gasteiger partial charge in [-0.25, -0.2) is 4.98 Å². The summed E-state index contributed by atoms with van der Waals surface area (Å²) in [6, 6.07) is 7.79. The van der Waals surface area contributed by atoms with Crippen molar-refractivity contribution in [1.29, 1.82) is 0 Å². The van der Waals surface area contributed by atoms with Crippen molar-refractivity contribution in [2.45, 2.75) is 74.9 Å². The highest BCUT2D eigenvalue weighted by Gasteiger charge is 2.57. The molecule has 0 spiro atoms. The summed E-state index contributed by atoms with van der Waals surface area (Å²) in [5.74, 6) is -0.709. The van der Waals surface area contributed by atoms with Crippen molar-refractivity contribution in [3.05, 3.63) is 87.9 Å². The summed E-state index contributed by atoms with van der Waals surface area (Å²) in [4.78, 5) is 39.2. The van der Waals surface area contributed by atoms with Gasteiger partial charge in [0.05, 0.1) is 29.7 Å². The number of hydrogen-bond donors (Lipinski definition) is 1. The van der Waals surface area contributed by atoms with Gasteiger partial charge in [0.2, 0.25) is 5.60 Å². The van der Waals surface area contributed by atoms with E-state index in [0.29, 0.717) is 48.2 Å². The molecule has 0 bridgehead atoms. The lowest BCUT2D eigenvalue weighted by Gasteiger charge is -2.51. The van der Waals surface area contributed by atoms with Gasteiger partial charge < -0.3 is 19.3 Å². The Morgan fingerprint density at radius 1 is 1.04 bits per heavy atom. The normalized spacial score (nSPS) is 20.8. The molecule has 52 heavy (non-hydrogen) atoms. The number of halogens is 6. The Balaban J connectivity index is 1.40. The molecule has 1 N–H and O–H groups in total. The largest absolute Gasteiger partial charge is 0.496 e. The van der Waals surface area contributed by atoms with Crippen molar-refractivity contribution in [1.82, 2.24) is 30.0 Å². The number of H-pyrrole nitrogens is 1. The number of alkyl halides is 6. The summed E-state index contributed by atoms with van der Waals surface area (Å²) >= 11 is 0.396. The van der Waals surface area contributed by atoms with Crippen molar-refractivity contribution in [2.24, 2.45) is 0 Å². The molecule has 0 radical (unpaired) electrons. The van der Waals surface area contributed by atoms with Gasteiger partial charge in [-0.05, 0) is 37.8 Å². The van der Waals surface area contributed by atoms with Crippen LogP contribution in [-0.4, -0.2) is 80.2 Å². The maximum Gasteiger partial charge on any atom is 0.425 e. The average Bonchev–Trinajstić information content (AvgIpc) is 3.85. The highest BCUT2D eigenvalue weighted by Crippen LogP contribution is 2.46. The third-order valence-electron chi connectivity index (χ3n) is 9.93. The number of para-hydroxylation sites is 1. The number of methoxy groups -OCH3 is 1. The van der Waals surface area contributed by atoms with Crippen molar-refractivity contribution in [3.8, 4) is 11.5 Å². The van der Waals surface area contributed by atoms with E-state index in [1.807, 2.05) is 24.3 Å². The van der Waals surface area contributed by atoms with Crippen LogP contribution in [0.1, 0.15) is 77.6 Å². The van der Waals surface area contributed by atoms with Crippen molar-refractivity contribution in [3.63, 3.8) is 0 Å². The molecule has 0 unspecified atom stereocenters. The zero-order valence-corrected chi connectivity index (χ0v) is 29.1. The molecule has 6 rings (SSSR count). The number of ether oxygens (including phenoxy) is 2. The fourth-order valence-corrected chi connectivity index (χ4v) is 8.23. The lowest BCUT2D eigenvalue weighted by Crippen LogP contribution is -2.68. The van der Waals surface area contributed by atoms with E-state index in [2.05, 4.69) is 20.2 Å². The first-order chi connectivity index (χ1) is 24.7. The van der Waals surface area contributed by atoms with Crippen LogP contribution in [0.2, 0.25) is 0 Å². The predicted molar refractivity (Wildman–Crippen MR) is 177 cm³/mol. The number of aromatic amines is 1. The molecule has 0 aliphatic carbocycles. The summed E-state index contributed by atoms with van der Waals surface area (Å²) in [7, 11) is 1.55. The Kier molecular flexibility index (Phi) is 10.3. The average molecular weight is 751 g/mol. The van der Waals surface area contributed by atoms with Gasteiger partial charge >= 0.3 is 12.4 Å². The van der Waals surface area contributed by atoms with E-state index in [0.717, 1.165) is 29.4 Å². The van der Waals surface area contributed by atoms with Crippen LogP contribution < -0.4 is 9.47 Å². The molecule has 2 atom stereocenters. The molecule has 3 aromatic heterocycles. The summed E-state index contributed by atoms with van der Waals surface area (Å²) in [6.07, 6.45) is -5.03. The van der Waals surface area contributed by atoms with E-state index in [-0.39, 0.29) is 44.6 Å². The molecular weight excluding hydrogens is 714 g/mol. The molecule has 17 heteroatoms. The number of piperidine rings is 2. The summed E-state index contributed by atoms with van der Waals surface area (Å²) in [6.45, 7) is 2.06. The second-order valence-electron chi connectivity index (χ2n) is 12.9. The molecule has 10 nitrogen and oxygen atoms in total. The summed E-state index contributed by atoms with van der Waals surface area (Å²) in [5, 5.41) is 8.30. The number of amides is 2. The Morgan fingerprint density at radius 3 is 2.42 bits per heavy atom. The van der Waals surface area contributed by atoms with Crippen LogP contribution in [0, 0.1) is 0 Å². The standard InChI is InChI=1S/C35H36F6N6O4S/c1-3-7-27-33(51-22-18-28(52-20-22)35(39,40)41,11-6-15-47(27)29(48)23-19-42-14-10-24(23)34(36,37)38)31(49)46-16-12-32(13-17-46,30-43-21-44-45-30)25-8-4-5-9-26(25)50-2/h4-5,8-10,14,18-21,27H,3,6-7,11-13,15-17H2,1-2H3,(H,43,44,45)/t27-,33+/m1/s1. The molecule has 1 aromatic carbocycles. The molecule has 278 valence electrons. The number of hydrogen-bond acceptors (Lipinski definition) is 8. The molecule has 4 aromatic rings. The Labute approximate surface area is 299 Å². The van der Waals surface area contributed by atoms with Crippen LogP contribution in [0.25, 0.3) is 0 Å². The van der Waals surface area contributed by atoms with Crippen molar-refractivity contribution >= 4 is 23.2 Å². The molecule has 0 saturated carbocycles. The zero-order chi connectivity index (χ0) is 37.3. The minimum atomic E-state index is -4.87. The molecule has 5 heterocycles. The maximum atomic E-state index is 15.0. The second kappa shape index (κ2) is 14.4. The number of aromatic nitrogens is 4. The first-order valence-electron chi connectivity index (χ1n) is 16.7. The number of carbonyl (C=O) groups is 2. The molecule has 2 aliphatic heterocycles. The van der Waals surface area contributed by atoms with E-state index in [9.17, 15) is 31.1 Å². The van der Waals surface area contributed by atoms with Gasteiger partial charge in [-0.2, -0.15) is 31.4 Å². The SMILES string of the molecule is CCC[C@H]1N(C(=O)c2cnccc2C(F)(F)F)CCC[C@@]1(Oc1csc(C(F)(F)F)c1)C(=O)N1CCC(c2nc[nH]n2)(c2ccccc2OC)CC1. The Hall–Kier alpha value is -4.67. The van der Waals surface area contributed by atoms with Crippen LogP contribution in [0.5, 0.6) is 11.5 Å². The first kappa shape index (κ1) is 37.1. The van der Waals surface area contributed by atoms with Crippen LogP contribution in [0.4, 0.5) is 26.3 Å². The smallest absolute Gasteiger partial charge is 0.425 e. The lowest BCUT2D eigenvalue weighted by atomic mass is 9.71. The molecule has 2 amide bonds. The van der Waals surface area contributed by atoms with Crippen molar-refractivity contribution in [2.75, 3.05) is 26.7 Å². The highest BCUT2D eigenvalue weighted by atomic mass is 32.1. The molecule has 2 aliphatic rings. The van der Waals surface area contributed by atoms with Crippen LogP contribution in [0.15, 0.2) is 60.5 Å². The third-order valence-corrected chi connectivity index (χ3v) is 10.9. The number of rotatable bonds is 9. The van der Waals surface area contributed by atoms with Gasteiger partial charge in [-0.15, -0.1) is 11.3 Å². The summed E-state index contributed by atoms with van der Waals surface area (Å²) in [5.41, 5.74) is -3.78. The number of pyridine rings is 1. The summed E-state index contributed by atoms with van der Waals surface area (Å²) < 4.78 is 95.4. The van der Waals surface area contributed by atoms with E-state index in [1.165, 1.54) is 11.2 Å². The number of likely N-dealkylation sites (tertiary alicyclic amines) is 2. The van der Waals surface area contributed by atoms with E-state index in [1.54, 1.807) is 18.9 Å². The monoisotopic (exact) mass is 750 g/mol. The molecule has 2 saturated heterocycles. The first-order valence-corrected chi connectivity index (χ1v) is 17.6. The second-order valence-corrected chi connectivity index (χ2v) is 13.8. The van der Waals surface area contributed by atoms with E-state index >= 15 is 4.79 Å². The zero-order valence-electron chi connectivity index (χ0n) is 28.3. The number of nitrogens with one attached hydrogen (secondary N) is 1. The highest BCUT2D eigenvalue weighted by molar-refractivity contribution is 7.10. The molecular formula is C35H36F6N6O4S. The molecule has 2 fully saturated rings. The van der Waals surface area contributed by atoms with Crippen LogP contribution in [0.3, 0.4) is 0 Å². The predicted octanol–water partition coefficient (Wildman–Crippen LogP) is 7.14. The quantitative estimate of drug-likeness (QED) is 0.181. The van der Waals surface area contributed by atoms with Crippen LogP contribution >= 0.6 is 11.3 Å². The topological polar surface area (TPSA) is 114 Å². The number of thiophene rings is 1. The van der Waals surface area contributed by atoms with Gasteiger partial charge in [0.15, 0.2) is 5.82 Å².